The van der Waals surface area contributed by atoms with Gasteiger partial charge in [-0.2, -0.15) is 0 Å². The van der Waals surface area contributed by atoms with E-state index in [0.717, 1.165) is 44.5 Å². The van der Waals surface area contributed by atoms with E-state index in [1.54, 1.807) is 12.1 Å². The van der Waals surface area contributed by atoms with Gasteiger partial charge in [0.1, 0.15) is 5.82 Å². The van der Waals surface area contributed by atoms with Gasteiger partial charge in [-0.25, -0.2) is 4.39 Å². The molecule has 2 aliphatic heterocycles. The Morgan fingerprint density at radius 2 is 2.24 bits per heavy atom. The van der Waals surface area contributed by atoms with Crippen molar-refractivity contribution in [3.8, 4) is 0 Å². The third-order valence-electron chi connectivity index (χ3n) is 4.82. The second-order valence-corrected chi connectivity index (χ2v) is 6.34. The Labute approximate surface area is 125 Å². The van der Waals surface area contributed by atoms with Gasteiger partial charge in [-0.1, -0.05) is 19.1 Å². The van der Waals surface area contributed by atoms with Crippen LogP contribution < -0.4 is 5.32 Å². The molecule has 3 atom stereocenters. The SMILES string of the molecule is CC1CCN(C(=O)C2CCCNC2)C1c1cccc(F)c1. The van der Waals surface area contributed by atoms with Crippen molar-refractivity contribution >= 4 is 5.91 Å². The van der Waals surface area contributed by atoms with Gasteiger partial charge in [0.05, 0.1) is 12.0 Å². The second kappa shape index (κ2) is 6.14. The van der Waals surface area contributed by atoms with Crippen LogP contribution in [0.25, 0.3) is 0 Å². The molecule has 3 nitrogen and oxygen atoms in total. The molecule has 0 saturated carbocycles. The molecule has 2 fully saturated rings. The Hall–Kier alpha value is -1.42. The summed E-state index contributed by atoms with van der Waals surface area (Å²) in [5.41, 5.74) is 0.928. The van der Waals surface area contributed by atoms with Crippen molar-refractivity contribution in [1.82, 2.24) is 10.2 Å². The predicted molar refractivity (Wildman–Crippen MR) is 80.2 cm³/mol. The summed E-state index contributed by atoms with van der Waals surface area (Å²) < 4.78 is 13.5. The highest BCUT2D eigenvalue weighted by Gasteiger charge is 2.38. The summed E-state index contributed by atoms with van der Waals surface area (Å²) in [6.45, 7) is 4.73. The van der Waals surface area contributed by atoms with E-state index in [9.17, 15) is 9.18 Å². The van der Waals surface area contributed by atoms with E-state index >= 15 is 0 Å². The number of carbonyl (C=O) groups is 1. The van der Waals surface area contributed by atoms with Gasteiger partial charge in [0.15, 0.2) is 0 Å². The Kier molecular flexibility index (Phi) is 4.24. The second-order valence-electron chi connectivity index (χ2n) is 6.34. The molecule has 2 aliphatic rings. The summed E-state index contributed by atoms with van der Waals surface area (Å²) in [6.07, 6.45) is 3.02. The molecule has 3 rings (SSSR count). The van der Waals surface area contributed by atoms with Crippen LogP contribution in [0.15, 0.2) is 24.3 Å². The molecule has 0 aliphatic carbocycles. The highest BCUT2D eigenvalue weighted by Crippen LogP contribution is 2.38. The number of hydrogen-bond donors (Lipinski definition) is 1. The molecule has 4 heteroatoms. The molecule has 21 heavy (non-hydrogen) atoms. The normalized spacial score (nSPS) is 29.6. The van der Waals surface area contributed by atoms with Crippen molar-refractivity contribution in [2.45, 2.75) is 32.2 Å². The van der Waals surface area contributed by atoms with Crippen LogP contribution in [-0.4, -0.2) is 30.4 Å². The van der Waals surface area contributed by atoms with Crippen LogP contribution in [0, 0.1) is 17.7 Å². The summed E-state index contributed by atoms with van der Waals surface area (Å²) in [5, 5.41) is 3.31. The molecule has 0 bridgehead atoms. The molecule has 1 amide bonds. The van der Waals surface area contributed by atoms with Crippen molar-refractivity contribution in [2.75, 3.05) is 19.6 Å². The van der Waals surface area contributed by atoms with Gasteiger partial charge < -0.3 is 10.2 Å². The van der Waals surface area contributed by atoms with Crippen molar-refractivity contribution < 1.29 is 9.18 Å². The lowest BCUT2D eigenvalue weighted by Crippen LogP contribution is -2.43. The minimum atomic E-state index is -0.224. The molecule has 0 aromatic heterocycles. The maximum Gasteiger partial charge on any atom is 0.227 e. The molecule has 1 N–H and O–H groups in total. The van der Waals surface area contributed by atoms with Gasteiger partial charge in [0.2, 0.25) is 5.91 Å². The summed E-state index contributed by atoms with van der Waals surface area (Å²) in [4.78, 5) is 14.8. The summed E-state index contributed by atoms with van der Waals surface area (Å²) in [7, 11) is 0. The Balaban J connectivity index is 1.81. The fraction of sp³-hybridized carbons (Fsp3) is 0.588. The summed E-state index contributed by atoms with van der Waals surface area (Å²) >= 11 is 0. The zero-order valence-corrected chi connectivity index (χ0v) is 12.5. The zero-order valence-electron chi connectivity index (χ0n) is 12.5. The monoisotopic (exact) mass is 290 g/mol. The molecule has 2 saturated heterocycles. The molecule has 0 spiro atoms. The number of nitrogens with zero attached hydrogens (tertiary/aromatic N) is 1. The van der Waals surface area contributed by atoms with Crippen LogP contribution in [0.3, 0.4) is 0 Å². The largest absolute Gasteiger partial charge is 0.335 e. The van der Waals surface area contributed by atoms with E-state index in [4.69, 9.17) is 0 Å². The van der Waals surface area contributed by atoms with Gasteiger partial charge in [-0.3, -0.25) is 4.79 Å². The van der Waals surface area contributed by atoms with E-state index in [2.05, 4.69) is 12.2 Å². The van der Waals surface area contributed by atoms with Gasteiger partial charge in [-0.05, 0) is 49.4 Å². The maximum atomic E-state index is 13.5. The Morgan fingerprint density at radius 3 is 2.95 bits per heavy atom. The first-order valence-corrected chi connectivity index (χ1v) is 7.93. The van der Waals surface area contributed by atoms with E-state index < -0.39 is 0 Å². The first kappa shape index (κ1) is 14.5. The van der Waals surface area contributed by atoms with E-state index in [-0.39, 0.29) is 23.7 Å². The predicted octanol–water partition coefficient (Wildman–Crippen LogP) is 2.73. The van der Waals surface area contributed by atoms with Crippen molar-refractivity contribution in [2.24, 2.45) is 11.8 Å². The van der Waals surface area contributed by atoms with Crippen LogP contribution in [0.1, 0.15) is 37.8 Å². The quantitative estimate of drug-likeness (QED) is 0.908. The third-order valence-corrected chi connectivity index (χ3v) is 4.82. The molecule has 1 aromatic carbocycles. The number of hydrogen-bond acceptors (Lipinski definition) is 2. The van der Waals surface area contributed by atoms with Gasteiger partial charge in [-0.15, -0.1) is 0 Å². The Morgan fingerprint density at radius 1 is 1.38 bits per heavy atom. The molecule has 114 valence electrons. The van der Waals surface area contributed by atoms with Gasteiger partial charge in [0.25, 0.3) is 0 Å². The van der Waals surface area contributed by atoms with Crippen LogP contribution in [0.5, 0.6) is 0 Å². The highest BCUT2D eigenvalue weighted by atomic mass is 19.1. The molecular weight excluding hydrogens is 267 g/mol. The van der Waals surface area contributed by atoms with Crippen LogP contribution in [0.4, 0.5) is 4.39 Å². The number of nitrogens with one attached hydrogen (secondary N) is 1. The molecule has 2 heterocycles. The van der Waals surface area contributed by atoms with E-state index in [1.807, 2.05) is 11.0 Å². The number of rotatable bonds is 2. The standard InChI is InChI=1S/C17H23FN2O/c1-12-7-9-20(17(21)14-5-3-8-19-11-14)16(12)13-4-2-6-15(18)10-13/h2,4,6,10,12,14,16,19H,3,5,7-9,11H2,1H3. The number of carbonyl (C=O) groups excluding carboxylic acids is 1. The molecular formula is C17H23FN2O. The van der Waals surface area contributed by atoms with Gasteiger partial charge in [0, 0.05) is 13.1 Å². The van der Waals surface area contributed by atoms with Crippen LogP contribution in [0.2, 0.25) is 0 Å². The van der Waals surface area contributed by atoms with Crippen molar-refractivity contribution in [3.63, 3.8) is 0 Å². The van der Waals surface area contributed by atoms with E-state index in [1.165, 1.54) is 6.07 Å². The van der Waals surface area contributed by atoms with Crippen LogP contribution in [-0.2, 0) is 4.79 Å². The molecule has 1 aromatic rings. The van der Waals surface area contributed by atoms with Crippen molar-refractivity contribution in [1.29, 1.82) is 0 Å². The van der Waals surface area contributed by atoms with Crippen molar-refractivity contribution in [3.05, 3.63) is 35.6 Å². The first-order chi connectivity index (χ1) is 10.2. The topological polar surface area (TPSA) is 32.3 Å². The van der Waals surface area contributed by atoms with E-state index in [0.29, 0.717) is 5.92 Å². The number of halogens is 1. The zero-order chi connectivity index (χ0) is 14.8. The average molecular weight is 290 g/mol. The molecule has 3 unspecified atom stereocenters. The highest BCUT2D eigenvalue weighted by molar-refractivity contribution is 5.80. The third kappa shape index (κ3) is 2.95. The van der Waals surface area contributed by atoms with Gasteiger partial charge >= 0.3 is 0 Å². The maximum absolute atomic E-state index is 13.5. The summed E-state index contributed by atoms with van der Waals surface area (Å²) in [6, 6.07) is 6.73. The average Bonchev–Trinajstić information content (AvgIpc) is 2.89. The lowest BCUT2D eigenvalue weighted by molar-refractivity contribution is -0.137. The number of likely N-dealkylation sites (tertiary alicyclic amines) is 1. The lowest BCUT2D eigenvalue weighted by atomic mass is 9.93. The lowest BCUT2D eigenvalue weighted by Gasteiger charge is -2.32. The fourth-order valence-corrected chi connectivity index (χ4v) is 3.69. The first-order valence-electron chi connectivity index (χ1n) is 7.93. The Bertz CT molecular complexity index is 513. The molecule has 0 radical (unpaired) electrons. The van der Waals surface area contributed by atoms with Crippen LogP contribution >= 0.6 is 0 Å². The minimum Gasteiger partial charge on any atom is -0.335 e. The summed E-state index contributed by atoms with van der Waals surface area (Å²) in [5.74, 6) is 0.478. The number of benzene rings is 1. The fourth-order valence-electron chi connectivity index (χ4n) is 3.69. The minimum absolute atomic E-state index is 0.0233. The number of piperidine rings is 1. The smallest absolute Gasteiger partial charge is 0.227 e. The number of amides is 1.